The second-order valence-corrected chi connectivity index (χ2v) is 2.21. The molecular weight excluding hydrogens is 98.1 g/mol. The summed E-state index contributed by atoms with van der Waals surface area (Å²) in [6.07, 6.45) is 6.39. The molecule has 0 aromatic carbocycles. The van der Waals surface area contributed by atoms with Crippen LogP contribution in [0, 0.1) is 0 Å². The van der Waals surface area contributed by atoms with E-state index in [2.05, 4.69) is 13.0 Å². The van der Waals surface area contributed by atoms with Gasteiger partial charge in [0.1, 0.15) is 0 Å². The van der Waals surface area contributed by atoms with Crippen molar-refractivity contribution in [1.29, 1.82) is 0 Å². The van der Waals surface area contributed by atoms with Gasteiger partial charge in [0.15, 0.2) is 0 Å². The van der Waals surface area contributed by atoms with E-state index in [1.807, 2.05) is 6.08 Å². The van der Waals surface area contributed by atoms with E-state index in [1.54, 1.807) is 0 Å². The lowest BCUT2D eigenvalue weighted by Crippen LogP contribution is -1.99. The molecule has 0 saturated carbocycles. The van der Waals surface area contributed by atoms with Crippen molar-refractivity contribution >= 4 is 0 Å². The van der Waals surface area contributed by atoms with E-state index >= 15 is 0 Å². The van der Waals surface area contributed by atoms with Crippen LogP contribution in [0.1, 0.15) is 19.8 Å². The average molecular weight is 109 g/mol. The zero-order valence-corrected chi connectivity index (χ0v) is 5.15. The fraction of sp³-hybridized carbons (Fsp3) is 0.429. The Bertz CT molecular complexity index is 142. The molecule has 0 spiro atoms. The third kappa shape index (κ3) is 1.12. The van der Waals surface area contributed by atoms with Crippen LogP contribution in [-0.4, -0.2) is 0 Å². The van der Waals surface area contributed by atoms with Crippen molar-refractivity contribution in [3.63, 3.8) is 0 Å². The first kappa shape index (κ1) is 5.42. The number of hydrogen-bond donors (Lipinski definition) is 1. The lowest BCUT2D eigenvalue weighted by atomic mass is 10.1. The summed E-state index contributed by atoms with van der Waals surface area (Å²) < 4.78 is 0. The number of rotatable bonds is 0. The van der Waals surface area contributed by atoms with E-state index in [0.29, 0.717) is 0 Å². The molecule has 8 heavy (non-hydrogen) atoms. The molecule has 0 unspecified atom stereocenters. The summed E-state index contributed by atoms with van der Waals surface area (Å²) in [6.45, 7) is 2.08. The maximum absolute atomic E-state index is 5.55. The first-order chi connectivity index (χ1) is 3.79. The SMILES string of the molecule is CC1=CCCC(N)=C1. The first-order valence-corrected chi connectivity index (χ1v) is 2.92. The van der Waals surface area contributed by atoms with Gasteiger partial charge in [-0.3, -0.25) is 0 Å². The summed E-state index contributed by atoms with van der Waals surface area (Å²) in [5.74, 6) is 0. The lowest BCUT2D eigenvalue weighted by molar-refractivity contribution is 0.929. The summed E-state index contributed by atoms with van der Waals surface area (Å²) >= 11 is 0. The Labute approximate surface area is 49.9 Å². The lowest BCUT2D eigenvalue weighted by Gasteiger charge is -2.04. The quantitative estimate of drug-likeness (QED) is 0.502. The van der Waals surface area contributed by atoms with Crippen LogP contribution in [-0.2, 0) is 0 Å². The molecule has 0 aromatic heterocycles. The molecule has 1 aliphatic rings. The summed E-state index contributed by atoms with van der Waals surface area (Å²) in [5.41, 5.74) is 7.86. The second-order valence-electron chi connectivity index (χ2n) is 2.21. The Morgan fingerprint density at radius 2 is 2.38 bits per heavy atom. The van der Waals surface area contributed by atoms with E-state index in [-0.39, 0.29) is 0 Å². The maximum Gasteiger partial charge on any atom is 0.00861 e. The predicted molar refractivity (Wildman–Crippen MR) is 35.3 cm³/mol. The van der Waals surface area contributed by atoms with Crippen LogP contribution < -0.4 is 5.73 Å². The molecule has 0 aliphatic heterocycles. The van der Waals surface area contributed by atoms with Crippen molar-refractivity contribution in [2.45, 2.75) is 19.8 Å². The van der Waals surface area contributed by atoms with Gasteiger partial charge in [-0.15, -0.1) is 0 Å². The van der Waals surface area contributed by atoms with Crippen LogP contribution in [0.4, 0.5) is 0 Å². The Hall–Kier alpha value is -0.720. The molecule has 1 rings (SSSR count). The minimum atomic E-state index is 1.02. The largest absolute Gasteiger partial charge is 0.402 e. The zero-order valence-electron chi connectivity index (χ0n) is 5.15. The Kier molecular flexibility index (Phi) is 1.38. The summed E-state index contributed by atoms with van der Waals surface area (Å²) in [4.78, 5) is 0. The smallest absolute Gasteiger partial charge is 0.00861 e. The van der Waals surface area contributed by atoms with Gasteiger partial charge < -0.3 is 5.73 Å². The topological polar surface area (TPSA) is 26.0 Å². The fourth-order valence-corrected chi connectivity index (χ4v) is 0.890. The molecular formula is C7H11N. The molecule has 0 radical (unpaired) electrons. The van der Waals surface area contributed by atoms with E-state index in [4.69, 9.17) is 5.73 Å². The van der Waals surface area contributed by atoms with Crippen molar-refractivity contribution in [3.8, 4) is 0 Å². The highest BCUT2D eigenvalue weighted by Gasteiger charge is 1.95. The van der Waals surface area contributed by atoms with Gasteiger partial charge in [-0.2, -0.15) is 0 Å². The highest BCUT2D eigenvalue weighted by Crippen LogP contribution is 2.11. The Balaban J connectivity index is 2.69. The van der Waals surface area contributed by atoms with Crippen LogP contribution in [0.25, 0.3) is 0 Å². The standard InChI is InChI=1S/C7H11N/c1-6-3-2-4-7(8)5-6/h3,5H,2,4,8H2,1H3. The van der Waals surface area contributed by atoms with Crippen molar-refractivity contribution in [2.24, 2.45) is 5.73 Å². The minimum absolute atomic E-state index is 1.02. The molecule has 0 amide bonds. The molecule has 0 heterocycles. The normalized spacial score (nSPS) is 19.6. The van der Waals surface area contributed by atoms with Crippen molar-refractivity contribution in [2.75, 3.05) is 0 Å². The van der Waals surface area contributed by atoms with Crippen LogP contribution in [0.15, 0.2) is 23.4 Å². The second kappa shape index (κ2) is 2.03. The van der Waals surface area contributed by atoms with E-state index in [9.17, 15) is 0 Å². The van der Waals surface area contributed by atoms with Crippen LogP contribution >= 0.6 is 0 Å². The Morgan fingerprint density at radius 3 is 2.75 bits per heavy atom. The summed E-state index contributed by atoms with van der Waals surface area (Å²) in [7, 11) is 0. The molecule has 1 nitrogen and oxygen atoms in total. The van der Waals surface area contributed by atoms with Gasteiger partial charge in [0.05, 0.1) is 0 Å². The molecule has 44 valence electrons. The molecule has 0 aromatic rings. The van der Waals surface area contributed by atoms with E-state index in [0.717, 1.165) is 18.5 Å². The van der Waals surface area contributed by atoms with Gasteiger partial charge in [0.2, 0.25) is 0 Å². The number of hydrogen-bond acceptors (Lipinski definition) is 1. The van der Waals surface area contributed by atoms with Gasteiger partial charge in [-0.05, 0) is 25.8 Å². The highest BCUT2D eigenvalue weighted by molar-refractivity contribution is 5.23. The average Bonchev–Trinajstić information content (AvgIpc) is 1.64. The summed E-state index contributed by atoms with van der Waals surface area (Å²) in [5, 5.41) is 0. The van der Waals surface area contributed by atoms with Crippen molar-refractivity contribution < 1.29 is 0 Å². The number of allylic oxidation sites excluding steroid dienone is 4. The summed E-state index contributed by atoms with van der Waals surface area (Å²) in [6, 6.07) is 0. The molecule has 0 saturated heterocycles. The fourth-order valence-electron chi connectivity index (χ4n) is 0.890. The molecule has 0 fully saturated rings. The van der Waals surface area contributed by atoms with Gasteiger partial charge in [0.25, 0.3) is 0 Å². The first-order valence-electron chi connectivity index (χ1n) is 2.92. The third-order valence-corrected chi connectivity index (χ3v) is 1.31. The van der Waals surface area contributed by atoms with Gasteiger partial charge in [-0.25, -0.2) is 0 Å². The van der Waals surface area contributed by atoms with Crippen LogP contribution in [0.3, 0.4) is 0 Å². The van der Waals surface area contributed by atoms with Gasteiger partial charge in [0, 0.05) is 5.70 Å². The Morgan fingerprint density at radius 1 is 1.62 bits per heavy atom. The van der Waals surface area contributed by atoms with E-state index in [1.165, 1.54) is 5.57 Å². The third-order valence-electron chi connectivity index (χ3n) is 1.31. The molecule has 0 atom stereocenters. The van der Waals surface area contributed by atoms with Crippen LogP contribution in [0.2, 0.25) is 0 Å². The molecule has 1 heteroatoms. The molecule has 0 bridgehead atoms. The molecule has 1 aliphatic carbocycles. The molecule has 2 N–H and O–H groups in total. The predicted octanol–water partition coefficient (Wildman–Crippen LogP) is 1.57. The van der Waals surface area contributed by atoms with Crippen LogP contribution in [0.5, 0.6) is 0 Å². The van der Waals surface area contributed by atoms with Gasteiger partial charge >= 0.3 is 0 Å². The maximum atomic E-state index is 5.55. The van der Waals surface area contributed by atoms with Crippen molar-refractivity contribution in [3.05, 3.63) is 23.4 Å². The van der Waals surface area contributed by atoms with Crippen molar-refractivity contribution in [1.82, 2.24) is 0 Å². The number of nitrogens with two attached hydrogens (primary N) is 1. The minimum Gasteiger partial charge on any atom is -0.402 e. The highest BCUT2D eigenvalue weighted by atomic mass is 14.6. The van der Waals surface area contributed by atoms with E-state index < -0.39 is 0 Å². The zero-order chi connectivity index (χ0) is 5.98. The monoisotopic (exact) mass is 109 g/mol. The van der Waals surface area contributed by atoms with Gasteiger partial charge in [-0.1, -0.05) is 11.6 Å².